The lowest BCUT2D eigenvalue weighted by molar-refractivity contribution is 0.00345. The van der Waals surface area contributed by atoms with Crippen molar-refractivity contribution >= 4 is 0 Å². The smallest absolute Gasteiger partial charge is 0.0540 e. The van der Waals surface area contributed by atoms with Gasteiger partial charge in [0.15, 0.2) is 0 Å². The second kappa shape index (κ2) is 4.42. The van der Waals surface area contributed by atoms with E-state index in [9.17, 15) is 10.2 Å². The number of aliphatic hydroxyl groups is 2. The zero-order chi connectivity index (χ0) is 10.9. The lowest BCUT2D eigenvalue weighted by Crippen LogP contribution is -2.36. The number of hydrogen-bond donors (Lipinski definition) is 2. The molecule has 2 heteroatoms. The molecule has 0 unspecified atom stereocenters. The summed E-state index contributed by atoms with van der Waals surface area (Å²) >= 11 is 0. The molecule has 0 radical (unpaired) electrons. The van der Waals surface area contributed by atoms with Gasteiger partial charge in [-0.25, -0.2) is 0 Å². The first-order chi connectivity index (χ1) is 7.10. The van der Waals surface area contributed by atoms with Gasteiger partial charge in [-0.3, -0.25) is 0 Å². The third-order valence-electron chi connectivity index (χ3n) is 4.78. The predicted molar refractivity (Wildman–Crippen MR) is 60.5 cm³/mol. The van der Waals surface area contributed by atoms with Crippen molar-refractivity contribution in [2.75, 3.05) is 0 Å². The van der Waals surface area contributed by atoms with E-state index in [2.05, 4.69) is 6.92 Å². The van der Waals surface area contributed by atoms with Crippen LogP contribution in [0.3, 0.4) is 0 Å². The van der Waals surface area contributed by atoms with Gasteiger partial charge in [0.25, 0.3) is 0 Å². The van der Waals surface area contributed by atoms with Crippen molar-refractivity contribution < 1.29 is 10.2 Å². The van der Waals surface area contributed by atoms with Crippen LogP contribution in [0.5, 0.6) is 0 Å². The fraction of sp³-hybridized carbons (Fsp3) is 1.00. The lowest BCUT2D eigenvalue weighted by Gasteiger charge is -2.44. The lowest BCUT2D eigenvalue weighted by atomic mass is 9.62. The monoisotopic (exact) mass is 212 g/mol. The van der Waals surface area contributed by atoms with E-state index in [1.165, 1.54) is 25.7 Å². The van der Waals surface area contributed by atoms with Gasteiger partial charge in [-0.15, -0.1) is 0 Å². The largest absolute Gasteiger partial charge is 0.393 e. The van der Waals surface area contributed by atoms with Gasteiger partial charge in [0, 0.05) is 0 Å². The van der Waals surface area contributed by atoms with Gasteiger partial charge in [0.1, 0.15) is 0 Å². The van der Waals surface area contributed by atoms with E-state index < -0.39 is 0 Å². The average Bonchev–Trinajstić information content (AvgIpc) is 2.24. The molecule has 2 aliphatic carbocycles. The third kappa shape index (κ3) is 2.54. The summed E-state index contributed by atoms with van der Waals surface area (Å²) in [6.07, 6.45) is 8.58. The van der Waals surface area contributed by atoms with E-state index in [4.69, 9.17) is 0 Å². The Labute approximate surface area is 92.7 Å². The molecule has 2 nitrogen and oxygen atoms in total. The molecule has 0 saturated heterocycles. The summed E-state index contributed by atoms with van der Waals surface area (Å²) in [5.74, 6) is 0.786. The highest BCUT2D eigenvalue weighted by molar-refractivity contribution is 4.90. The Balaban J connectivity index is 1.91. The molecule has 2 aliphatic rings. The first-order valence-corrected chi connectivity index (χ1v) is 6.46. The van der Waals surface area contributed by atoms with E-state index >= 15 is 0 Å². The van der Waals surface area contributed by atoms with Crippen LogP contribution in [0.15, 0.2) is 0 Å². The van der Waals surface area contributed by atoms with Crippen LogP contribution >= 0.6 is 0 Å². The molecule has 0 atom stereocenters. The maximum Gasteiger partial charge on any atom is 0.0540 e. The summed E-state index contributed by atoms with van der Waals surface area (Å²) in [6.45, 7) is 2.39. The van der Waals surface area contributed by atoms with Crippen LogP contribution in [0.4, 0.5) is 0 Å². The van der Waals surface area contributed by atoms with Crippen LogP contribution in [0.1, 0.15) is 58.3 Å². The topological polar surface area (TPSA) is 40.5 Å². The summed E-state index contributed by atoms with van der Waals surface area (Å²) < 4.78 is 0. The summed E-state index contributed by atoms with van der Waals surface area (Å²) in [6, 6.07) is 0. The normalized spacial score (nSPS) is 47.8. The minimum atomic E-state index is -0.0488. The van der Waals surface area contributed by atoms with Gasteiger partial charge in [0.2, 0.25) is 0 Å². The molecule has 0 amide bonds. The first kappa shape index (κ1) is 11.4. The highest BCUT2D eigenvalue weighted by Crippen LogP contribution is 2.47. The van der Waals surface area contributed by atoms with E-state index in [0.29, 0.717) is 5.41 Å². The van der Waals surface area contributed by atoms with Gasteiger partial charge in [-0.05, 0) is 62.7 Å². The van der Waals surface area contributed by atoms with E-state index in [1.807, 2.05) is 0 Å². The Morgan fingerprint density at radius 3 is 1.80 bits per heavy atom. The molecular weight excluding hydrogens is 188 g/mol. The molecule has 2 saturated carbocycles. The second-order valence-corrected chi connectivity index (χ2v) is 5.89. The van der Waals surface area contributed by atoms with Gasteiger partial charge in [-0.2, -0.15) is 0 Å². The van der Waals surface area contributed by atoms with Crippen molar-refractivity contribution in [2.24, 2.45) is 11.3 Å². The van der Waals surface area contributed by atoms with Gasteiger partial charge < -0.3 is 10.2 Å². The Morgan fingerprint density at radius 2 is 1.27 bits per heavy atom. The molecule has 15 heavy (non-hydrogen) atoms. The first-order valence-electron chi connectivity index (χ1n) is 6.46. The highest BCUT2D eigenvalue weighted by Gasteiger charge is 2.38. The predicted octanol–water partition coefficient (Wildman–Crippen LogP) is 2.48. The molecule has 0 spiro atoms. The number of hydrogen-bond acceptors (Lipinski definition) is 2. The van der Waals surface area contributed by atoms with E-state index in [0.717, 1.165) is 31.6 Å². The molecule has 0 aliphatic heterocycles. The zero-order valence-electron chi connectivity index (χ0n) is 9.78. The highest BCUT2D eigenvalue weighted by atomic mass is 16.3. The number of rotatable bonds is 1. The van der Waals surface area contributed by atoms with Crippen molar-refractivity contribution in [3.63, 3.8) is 0 Å². The van der Waals surface area contributed by atoms with Crippen molar-refractivity contribution in [1.29, 1.82) is 0 Å². The Hall–Kier alpha value is -0.0800. The molecule has 2 N–H and O–H groups in total. The SMILES string of the molecule is CC1(C2CCC(O)CC2)CCC(O)CC1. The molecular formula is C13H24O2. The fourth-order valence-electron chi connectivity index (χ4n) is 3.44. The van der Waals surface area contributed by atoms with Crippen molar-refractivity contribution in [2.45, 2.75) is 70.5 Å². The zero-order valence-corrected chi connectivity index (χ0v) is 9.78. The van der Waals surface area contributed by atoms with Gasteiger partial charge >= 0.3 is 0 Å². The molecule has 2 rings (SSSR count). The van der Waals surface area contributed by atoms with Crippen LogP contribution in [0.2, 0.25) is 0 Å². The van der Waals surface area contributed by atoms with Crippen molar-refractivity contribution in [1.82, 2.24) is 0 Å². The molecule has 88 valence electrons. The van der Waals surface area contributed by atoms with Crippen molar-refractivity contribution in [3.8, 4) is 0 Å². The average molecular weight is 212 g/mol. The molecule has 2 fully saturated rings. The summed E-state index contributed by atoms with van der Waals surface area (Å²) in [4.78, 5) is 0. The molecule has 0 aromatic carbocycles. The van der Waals surface area contributed by atoms with Crippen LogP contribution in [0.25, 0.3) is 0 Å². The second-order valence-electron chi connectivity index (χ2n) is 5.89. The third-order valence-corrected chi connectivity index (χ3v) is 4.78. The summed E-state index contributed by atoms with van der Waals surface area (Å²) in [7, 11) is 0. The van der Waals surface area contributed by atoms with Crippen LogP contribution in [-0.2, 0) is 0 Å². The fourth-order valence-corrected chi connectivity index (χ4v) is 3.44. The van der Waals surface area contributed by atoms with Crippen LogP contribution in [0, 0.1) is 11.3 Å². The maximum absolute atomic E-state index is 9.54. The van der Waals surface area contributed by atoms with Crippen LogP contribution in [-0.4, -0.2) is 22.4 Å². The molecule has 0 bridgehead atoms. The maximum atomic E-state index is 9.54. The number of aliphatic hydroxyl groups excluding tert-OH is 2. The Morgan fingerprint density at radius 1 is 0.800 bits per heavy atom. The standard InChI is InChI=1S/C13H24O2/c1-13(8-6-12(15)7-9-13)10-2-4-11(14)5-3-10/h10-12,14-15H,2-9H2,1H3. The van der Waals surface area contributed by atoms with Crippen LogP contribution < -0.4 is 0 Å². The minimum absolute atomic E-state index is 0.0426. The summed E-state index contributed by atoms with van der Waals surface area (Å²) in [5, 5.41) is 19.1. The summed E-state index contributed by atoms with van der Waals surface area (Å²) in [5.41, 5.74) is 0.444. The van der Waals surface area contributed by atoms with E-state index in [1.54, 1.807) is 0 Å². The molecule has 0 aromatic heterocycles. The van der Waals surface area contributed by atoms with Crippen molar-refractivity contribution in [3.05, 3.63) is 0 Å². The molecule has 0 aromatic rings. The van der Waals surface area contributed by atoms with E-state index in [-0.39, 0.29) is 12.2 Å². The quantitative estimate of drug-likeness (QED) is 0.701. The van der Waals surface area contributed by atoms with Gasteiger partial charge in [0.05, 0.1) is 12.2 Å². The molecule has 0 heterocycles. The Bertz CT molecular complexity index is 199. The Kier molecular flexibility index (Phi) is 3.36. The van der Waals surface area contributed by atoms with Gasteiger partial charge in [-0.1, -0.05) is 6.92 Å². The minimum Gasteiger partial charge on any atom is -0.393 e.